The van der Waals surface area contributed by atoms with Gasteiger partial charge in [-0.15, -0.1) is 0 Å². The van der Waals surface area contributed by atoms with Crippen LogP contribution in [0.3, 0.4) is 0 Å². The number of carbonyl (C=O) groups excluding carboxylic acids is 6. The average Bonchev–Trinajstić information content (AvgIpc) is 2.80. The zero-order chi connectivity index (χ0) is 63.0. The number of hydrogen-bond donors (Lipinski definition) is 6. The highest BCUT2D eigenvalue weighted by Gasteiger charge is 2.32. The Kier molecular flexibility index (Phi) is 21.4. The van der Waals surface area contributed by atoms with Crippen LogP contribution in [0.5, 0.6) is 0 Å². The van der Waals surface area contributed by atoms with Gasteiger partial charge in [0.05, 0.1) is 19.8 Å². The number of nitrogens with zero attached hydrogens (tertiary/aromatic N) is 1. The molecule has 452 valence electrons. The molecular weight excluding hydrogens is 1080 g/mol. The molecule has 16 nitrogen and oxygen atoms in total. The summed E-state index contributed by atoms with van der Waals surface area (Å²) >= 11 is 0. The van der Waals surface area contributed by atoms with Crippen molar-refractivity contribution in [1.29, 1.82) is 0 Å². The number of benzene rings is 6. The molecule has 0 unspecified atom stereocenters. The van der Waals surface area contributed by atoms with Gasteiger partial charge in [0.1, 0.15) is 51.9 Å². The smallest absolute Gasteiger partial charge is 0.193 e. The first kappa shape index (κ1) is 67.1. The highest BCUT2D eigenvalue weighted by molar-refractivity contribution is 6.04. The molecule has 6 N–H and O–H groups in total. The molecule has 16 heteroatoms. The maximum absolute atomic E-state index is 13.1. The minimum absolute atomic E-state index is 0.104. The Morgan fingerprint density at radius 1 is 0.282 bits per heavy atom. The third-order valence-electron chi connectivity index (χ3n) is 14.3. The Morgan fingerprint density at radius 3 is 0.529 bits per heavy atom. The minimum atomic E-state index is -1.62. The van der Waals surface area contributed by atoms with E-state index in [1.807, 2.05) is 0 Å². The second kappa shape index (κ2) is 27.1. The molecule has 0 spiro atoms. The molecule has 0 aliphatic carbocycles. The van der Waals surface area contributed by atoms with Crippen LogP contribution < -0.4 is 0 Å². The lowest BCUT2D eigenvalue weighted by Crippen LogP contribution is -2.35. The fraction of sp³-hybridized carbons (Fsp3) is 0.391. The molecule has 0 saturated carbocycles. The summed E-state index contributed by atoms with van der Waals surface area (Å²) in [7, 11) is 0. The zero-order valence-corrected chi connectivity index (χ0v) is 50.6. The number of ether oxygens (including phenoxy) is 3. The molecule has 0 saturated heterocycles. The van der Waals surface area contributed by atoms with E-state index in [0.29, 0.717) is 33.4 Å². The summed E-state index contributed by atoms with van der Waals surface area (Å²) < 4.78 is 20.3. The molecule has 85 heavy (non-hydrogen) atoms. The van der Waals surface area contributed by atoms with E-state index in [9.17, 15) is 59.4 Å². The summed E-state index contributed by atoms with van der Waals surface area (Å²) in [4.78, 5) is 80.5. The topological polar surface area (TPSA) is 255 Å². The highest BCUT2D eigenvalue weighted by atomic mass is 16.5. The van der Waals surface area contributed by atoms with Crippen LogP contribution >= 0.6 is 0 Å². The first-order chi connectivity index (χ1) is 39.4. The molecule has 0 radical (unpaired) electrons. The van der Waals surface area contributed by atoms with Gasteiger partial charge in [-0.3, -0.25) is 33.7 Å². The van der Waals surface area contributed by atoms with Crippen LogP contribution in [0.25, 0.3) is 0 Å². The van der Waals surface area contributed by atoms with E-state index in [2.05, 4.69) is 4.90 Å². The second-order valence-corrected chi connectivity index (χ2v) is 24.7. The summed E-state index contributed by atoms with van der Waals surface area (Å²) in [5.41, 5.74) is -3.99. The zero-order valence-electron chi connectivity index (χ0n) is 50.6. The van der Waals surface area contributed by atoms with Gasteiger partial charge < -0.3 is 44.8 Å². The number of rotatable bonds is 30. The van der Waals surface area contributed by atoms with Gasteiger partial charge in [0, 0.05) is 53.0 Å². The monoisotopic (exact) mass is 1160 g/mol. The van der Waals surface area contributed by atoms with E-state index in [0.717, 1.165) is 0 Å². The first-order valence-electron chi connectivity index (χ1n) is 28.2. The number of aliphatic hydroxyl groups is 6. The molecule has 0 atom stereocenters. The molecule has 6 aromatic carbocycles. The second-order valence-electron chi connectivity index (χ2n) is 24.7. The Bertz CT molecular complexity index is 2710. The van der Waals surface area contributed by atoms with Gasteiger partial charge in [0.2, 0.25) is 0 Å². The predicted octanol–water partition coefficient (Wildman–Crippen LogP) is 9.43. The standard InChI is InChI=1S/C69H81NO15/c1-64(2,77)58(71)49-25-13-43(14-26-49)55(44-15-27-50(28-16-44)59(72)65(3,4)78)83-40-37-70(38-41-84-56(45-17-29-51(30-18-45)60(73)66(5,6)79)46-19-31-52(32-20-46)61(74)67(7,8)80)39-42-85-57(47-21-33-53(34-22-47)62(75)68(9,10)81)48-23-35-54(36-24-48)63(76)69(11,12)82/h13-36,55-57,77-82H,37-42H2,1-12H3. The number of Topliss-reactive ketones (excluding diaryl/α,β-unsaturated/α-hetero) is 6. The molecule has 0 amide bonds. The van der Waals surface area contributed by atoms with Crippen LogP contribution in [0, 0.1) is 0 Å². The normalized spacial score (nSPS) is 12.8. The van der Waals surface area contributed by atoms with Crippen molar-refractivity contribution in [2.45, 2.75) is 135 Å². The summed E-state index contributed by atoms with van der Waals surface area (Å²) in [6, 6.07) is 40.2. The van der Waals surface area contributed by atoms with Gasteiger partial charge in [-0.1, -0.05) is 146 Å². The van der Waals surface area contributed by atoms with Crippen molar-refractivity contribution >= 4 is 34.7 Å². The Hall–Kier alpha value is -7.06. The summed E-state index contributed by atoms with van der Waals surface area (Å²) in [5, 5.41) is 63.0. The van der Waals surface area contributed by atoms with Gasteiger partial charge in [-0.05, 0) is 116 Å². The van der Waals surface area contributed by atoms with Crippen molar-refractivity contribution in [2.75, 3.05) is 39.5 Å². The number of ketones is 6. The fourth-order valence-electron chi connectivity index (χ4n) is 9.36. The van der Waals surface area contributed by atoms with Crippen LogP contribution in [-0.4, -0.2) is 143 Å². The van der Waals surface area contributed by atoms with Gasteiger partial charge >= 0.3 is 0 Å². The molecule has 0 bridgehead atoms. The lowest BCUT2D eigenvalue weighted by molar-refractivity contribution is 0.0156. The Morgan fingerprint density at radius 2 is 0.412 bits per heavy atom. The summed E-state index contributed by atoms with van der Waals surface area (Å²) in [5.74, 6) is -2.82. The van der Waals surface area contributed by atoms with Crippen molar-refractivity contribution in [3.05, 3.63) is 212 Å². The van der Waals surface area contributed by atoms with Crippen LogP contribution in [0.2, 0.25) is 0 Å². The maximum Gasteiger partial charge on any atom is 0.193 e. The van der Waals surface area contributed by atoms with E-state index < -0.39 is 86.6 Å². The van der Waals surface area contributed by atoms with Crippen LogP contribution in [0.15, 0.2) is 146 Å². The predicted molar refractivity (Wildman–Crippen MR) is 322 cm³/mol. The number of carbonyl (C=O) groups is 6. The van der Waals surface area contributed by atoms with Crippen LogP contribution in [0.4, 0.5) is 0 Å². The lowest BCUT2D eigenvalue weighted by Gasteiger charge is -2.28. The quantitative estimate of drug-likeness (QED) is 0.0230. The molecule has 6 rings (SSSR count). The van der Waals surface area contributed by atoms with E-state index in [4.69, 9.17) is 14.2 Å². The third-order valence-corrected chi connectivity index (χ3v) is 14.3. The highest BCUT2D eigenvalue weighted by Crippen LogP contribution is 2.32. The van der Waals surface area contributed by atoms with Crippen molar-refractivity contribution in [1.82, 2.24) is 4.90 Å². The van der Waals surface area contributed by atoms with E-state index >= 15 is 0 Å². The van der Waals surface area contributed by atoms with Gasteiger partial charge in [0.25, 0.3) is 0 Å². The van der Waals surface area contributed by atoms with Crippen molar-refractivity contribution in [3.8, 4) is 0 Å². The summed E-state index contributed by atoms with van der Waals surface area (Å²) in [6.07, 6.45) is -2.22. The van der Waals surface area contributed by atoms with Gasteiger partial charge in [-0.2, -0.15) is 0 Å². The van der Waals surface area contributed by atoms with Gasteiger partial charge in [0.15, 0.2) is 34.7 Å². The van der Waals surface area contributed by atoms with Crippen LogP contribution in [0.1, 0.15) is 197 Å². The molecule has 0 aliphatic rings. The largest absolute Gasteiger partial charge is 0.382 e. The molecule has 0 fully saturated rings. The Labute approximate surface area is 498 Å². The van der Waals surface area contributed by atoms with E-state index in [1.165, 1.54) is 83.1 Å². The first-order valence-corrected chi connectivity index (χ1v) is 28.2. The lowest BCUT2D eigenvalue weighted by atomic mass is 9.92. The molecule has 6 aromatic rings. The minimum Gasteiger partial charge on any atom is -0.382 e. The Balaban J connectivity index is 1.35. The van der Waals surface area contributed by atoms with Crippen molar-refractivity contribution < 1.29 is 73.6 Å². The van der Waals surface area contributed by atoms with Gasteiger partial charge in [-0.25, -0.2) is 0 Å². The maximum atomic E-state index is 13.1. The third kappa shape index (κ3) is 18.0. The number of hydrogen-bond acceptors (Lipinski definition) is 16. The molecular formula is C69H81NO15. The molecule has 0 aromatic heterocycles. The van der Waals surface area contributed by atoms with Crippen LogP contribution in [-0.2, 0) is 14.2 Å². The van der Waals surface area contributed by atoms with E-state index in [1.54, 1.807) is 146 Å². The summed E-state index contributed by atoms with van der Waals surface area (Å²) in [6.45, 7) is 18.1. The molecule has 0 aliphatic heterocycles. The molecule has 0 heterocycles. The average molecular weight is 1160 g/mol. The van der Waals surface area contributed by atoms with E-state index in [-0.39, 0.29) is 72.8 Å². The SMILES string of the molecule is CC(C)(O)C(=O)c1ccc(C(OCCN(CCOC(c2ccc(C(=O)C(C)(C)O)cc2)c2ccc(C(=O)C(C)(C)O)cc2)CCOC(c2ccc(C(=O)C(C)(C)O)cc2)c2ccc(C(=O)C(C)(C)O)cc2)c2ccc(C(=O)C(C)(C)O)cc2)cc1. The van der Waals surface area contributed by atoms with Crippen molar-refractivity contribution in [3.63, 3.8) is 0 Å². The fourth-order valence-corrected chi connectivity index (χ4v) is 9.36. The van der Waals surface area contributed by atoms with Crippen molar-refractivity contribution in [2.24, 2.45) is 0 Å².